The van der Waals surface area contributed by atoms with Crippen LogP contribution in [-0.4, -0.2) is 27.0 Å². The van der Waals surface area contributed by atoms with Crippen molar-refractivity contribution in [2.45, 2.75) is 44.0 Å². The van der Waals surface area contributed by atoms with Crippen LogP contribution in [0.1, 0.15) is 42.1 Å². The third-order valence-electron chi connectivity index (χ3n) is 5.68. The van der Waals surface area contributed by atoms with Crippen LogP contribution in [0.25, 0.3) is 10.9 Å². The monoisotopic (exact) mass is 402 g/mol. The number of aromatic hydroxyl groups is 1. The summed E-state index contributed by atoms with van der Waals surface area (Å²) in [5.41, 5.74) is -0.456. The van der Waals surface area contributed by atoms with Gasteiger partial charge in [-0.05, 0) is 55.2 Å². The maximum absolute atomic E-state index is 14.0. The molecule has 4 nitrogen and oxygen atoms in total. The molecule has 3 unspecified atom stereocenters. The summed E-state index contributed by atoms with van der Waals surface area (Å²) in [6, 6.07) is 11.7. The number of phenolic OH excluding ortho intramolecular Hbond substituents is 1. The molecule has 152 valence electrons. The highest BCUT2D eigenvalue weighted by molar-refractivity contribution is 5.91. The van der Waals surface area contributed by atoms with Gasteiger partial charge in [-0.25, -0.2) is 0 Å². The van der Waals surface area contributed by atoms with Crippen molar-refractivity contribution in [2.24, 2.45) is 0 Å². The van der Waals surface area contributed by atoms with Gasteiger partial charge in [0, 0.05) is 22.3 Å². The fourth-order valence-corrected chi connectivity index (χ4v) is 4.32. The predicted octanol–water partition coefficient (Wildman–Crippen LogP) is 5.20. The standard InChI is InChI=1S/C22H21F3N2O2/c1-12-11-21(29,22(23,24)25)20(15-5-3-8-18(28)19(12)15)27-17-7-4-6-16-14(17)10-9-13(2)26-16/h3-10,12,20,27-29H,11H2,1-2H3. The number of aryl methyl sites for hydroxylation is 1. The van der Waals surface area contributed by atoms with Crippen LogP contribution >= 0.6 is 0 Å². The first-order chi connectivity index (χ1) is 13.6. The molecule has 1 heterocycles. The van der Waals surface area contributed by atoms with E-state index in [2.05, 4.69) is 10.3 Å². The second-order valence-corrected chi connectivity index (χ2v) is 7.71. The molecule has 0 fully saturated rings. The van der Waals surface area contributed by atoms with E-state index < -0.39 is 30.2 Å². The van der Waals surface area contributed by atoms with Crippen molar-refractivity contribution in [1.82, 2.24) is 4.98 Å². The number of hydrogen-bond acceptors (Lipinski definition) is 4. The zero-order valence-corrected chi connectivity index (χ0v) is 16.0. The number of rotatable bonds is 2. The van der Waals surface area contributed by atoms with E-state index in [4.69, 9.17) is 0 Å². The molecule has 4 rings (SSSR count). The molecule has 3 N–H and O–H groups in total. The zero-order valence-electron chi connectivity index (χ0n) is 16.0. The van der Waals surface area contributed by atoms with Crippen molar-refractivity contribution in [1.29, 1.82) is 0 Å². The van der Waals surface area contributed by atoms with Gasteiger partial charge in [-0.15, -0.1) is 0 Å². The van der Waals surface area contributed by atoms with Gasteiger partial charge in [0.1, 0.15) is 5.75 Å². The number of halogens is 3. The third kappa shape index (κ3) is 3.09. The van der Waals surface area contributed by atoms with E-state index in [9.17, 15) is 23.4 Å². The predicted molar refractivity (Wildman–Crippen MR) is 105 cm³/mol. The maximum Gasteiger partial charge on any atom is 0.419 e. The molecule has 1 aliphatic rings. The van der Waals surface area contributed by atoms with Gasteiger partial charge in [-0.3, -0.25) is 4.98 Å². The number of benzene rings is 2. The highest BCUT2D eigenvalue weighted by atomic mass is 19.4. The fraction of sp³-hybridized carbons (Fsp3) is 0.318. The Morgan fingerprint density at radius 2 is 1.83 bits per heavy atom. The first kappa shape index (κ1) is 19.5. The van der Waals surface area contributed by atoms with Crippen molar-refractivity contribution < 1.29 is 23.4 Å². The number of aliphatic hydroxyl groups is 1. The Morgan fingerprint density at radius 1 is 1.10 bits per heavy atom. The normalized spacial score (nSPS) is 24.3. The van der Waals surface area contributed by atoms with Crippen molar-refractivity contribution in [3.8, 4) is 5.75 Å². The minimum atomic E-state index is -4.86. The molecule has 7 heteroatoms. The largest absolute Gasteiger partial charge is 0.508 e. The second-order valence-electron chi connectivity index (χ2n) is 7.71. The Kier molecular flexibility index (Phi) is 4.46. The third-order valence-corrected chi connectivity index (χ3v) is 5.68. The topological polar surface area (TPSA) is 65.4 Å². The molecule has 0 aliphatic heterocycles. The first-order valence-electron chi connectivity index (χ1n) is 9.35. The highest BCUT2D eigenvalue weighted by Crippen LogP contribution is 2.54. The average Bonchev–Trinajstić information content (AvgIpc) is 2.63. The molecule has 0 amide bonds. The van der Waals surface area contributed by atoms with Gasteiger partial charge in [-0.2, -0.15) is 13.2 Å². The van der Waals surface area contributed by atoms with Crippen LogP contribution in [0.15, 0.2) is 48.5 Å². The number of hydrogen-bond donors (Lipinski definition) is 3. The number of phenols is 1. The van der Waals surface area contributed by atoms with E-state index in [0.29, 0.717) is 22.2 Å². The van der Waals surface area contributed by atoms with E-state index in [1.165, 1.54) is 18.2 Å². The number of aromatic nitrogens is 1. The smallest absolute Gasteiger partial charge is 0.419 e. The number of fused-ring (bicyclic) bond motifs is 2. The number of anilines is 1. The lowest BCUT2D eigenvalue weighted by molar-refractivity contribution is -0.272. The molecule has 0 spiro atoms. The Bertz CT molecular complexity index is 1080. The summed E-state index contributed by atoms with van der Waals surface area (Å²) < 4.78 is 42.1. The molecule has 1 aromatic heterocycles. The van der Waals surface area contributed by atoms with Gasteiger partial charge in [-0.1, -0.05) is 25.1 Å². The van der Waals surface area contributed by atoms with Crippen molar-refractivity contribution >= 4 is 16.6 Å². The molecule has 0 radical (unpaired) electrons. The number of pyridine rings is 1. The Balaban J connectivity index is 1.90. The van der Waals surface area contributed by atoms with E-state index in [1.54, 1.807) is 37.3 Å². The number of alkyl halides is 3. The van der Waals surface area contributed by atoms with Gasteiger partial charge < -0.3 is 15.5 Å². The van der Waals surface area contributed by atoms with Crippen molar-refractivity contribution in [3.05, 3.63) is 65.4 Å². The summed E-state index contributed by atoms with van der Waals surface area (Å²) >= 11 is 0. The lowest BCUT2D eigenvalue weighted by Crippen LogP contribution is -2.55. The minimum Gasteiger partial charge on any atom is -0.508 e. The average molecular weight is 402 g/mol. The summed E-state index contributed by atoms with van der Waals surface area (Å²) in [7, 11) is 0. The van der Waals surface area contributed by atoms with E-state index in [0.717, 1.165) is 5.69 Å². The minimum absolute atomic E-state index is 0.0683. The number of nitrogens with zero attached hydrogens (tertiary/aromatic N) is 1. The van der Waals surface area contributed by atoms with Crippen LogP contribution in [0.2, 0.25) is 0 Å². The van der Waals surface area contributed by atoms with Crippen molar-refractivity contribution in [2.75, 3.05) is 5.32 Å². The highest BCUT2D eigenvalue weighted by Gasteiger charge is 2.62. The van der Waals surface area contributed by atoms with Crippen LogP contribution < -0.4 is 5.32 Å². The molecule has 2 aromatic carbocycles. The molecule has 3 aromatic rings. The maximum atomic E-state index is 14.0. The Hall–Kier alpha value is -2.80. The second kappa shape index (κ2) is 6.62. The van der Waals surface area contributed by atoms with Gasteiger partial charge in [0.25, 0.3) is 0 Å². The van der Waals surface area contributed by atoms with Crippen LogP contribution in [-0.2, 0) is 0 Å². The Morgan fingerprint density at radius 3 is 2.55 bits per heavy atom. The summed E-state index contributed by atoms with van der Waals surface area (Å²) in [6.07, 6.45) is -5.41. The fourth-order valence-electron chi connectivity index (χ4n) is 4.32. The van der Waals surface area contributed by atoms with Gasteiger partial charge in [0.15, 0.2) is 5.60 Å². The van der Waals surface area contributed by atoms with Crippen LogP contribution in [0.5, 0.6) is 5.75 Å². The van der Waals surface area contributed by atoms with Crippen LogP contribution in [0.4, 0.5) is 18.9 Å². The molecular weight excluding hydrogens is 381 g/mol. The SMILES string of the molecule is Cc1ccc2c(NC3c4cccc(O)c4C(C)CC3(O)C(F)(F)F)cccc2n1. The number of nitrogens with one attached hydrogen (secondary N) is 1. The summed E-state index contributed by atoms with van der Waals surface area (Å²) in [4.78, 5) is 4.42. The molecule has 1 aliphatic carbocycles. The molecular formula is C22H21F3N2O2. The van der Waals surface area contributed by atoms with Gasteiger partial charge in [0.05, 0.1) is 11.6 Å². The van der Waals surface area contributed by atoms with Crippen molar-refractivity contribution in [3.63, 3.8) is 0 Å². The van der Waals surface area contributed by atoms with Crippen LogP contribution in [0, 0.1) is 6.92 Å². The lowest BCUT2D eigenvalue weighted by atomic mass is 9.70. The molecule has 29 heavy (non-hydrogen) atoms. The first-order valence-corrected chi connectivity index (χ1v) is 9.35. The molecule has 0 saturated heterocycles. The summed E-state index contributed by atoms with van der Waals surface area (Å²) in [5.74, 6) is -0.728. The lowest BCUT2D eigenvalue weighted by Gasteiger charge is -2.45. The van der Waals surface area contributed by atoms with Crippen LogP contribution in [0.3, 0.4) is 0 Å². The zero-order chi connectivity index (χ0) is 21.0. The summed E-state index contributed by atoms with van der Waals surface area (Å²) in [5, 5.41) is 24.7. The van der Waals surface area contributed by atoms with Gasteiger partial charge in [0.2, 0.25) is 0 Å². The van der Waals surface area contributed by atoms with E-state index in [-0.39, 0.29) is 11.3 Å². The molecule has 0 saturated carbocycles. The van der Waals surface area contributed by atoms with E-state index >= 15 is 0 Å². The quantitative estimate of drug-likeness (QED) is 0.551. The van der Waals surface area contributed by atoms with E-state index in [1.807, 2.05) is 6.92 Å². The molecule has 3 atom stereocenters. The molecule has 0 bridgehead atoms. The summed E-state index contributed by atoms with van der Waals surface area (Å²) in [6.45, 7) is 3.42. The Labute approximate surface area is 166 Å². The van der Waals surface area contributed by atoms with Gasteiger partial charge >= 0.3 is 6.18 Å².